The summed E-state index contributed by atoms with van der Waals surface area (Å²) in [6, 6.07) is 18.7. The molecule has 0 aliphatic carbocycles. The number of fused-ring (bicyclic) bond motifs is 2. The molecule has 4 nitrogen and oxygen atoms in total. The third-order valence-electron chi connectivity index (χ3n) is 5.73. The average molecular weight is 422 g/mol. The standard InChI is InChI=1S/C24H21F3N4/c25-24(26,27)23-28-12-18-14-30(11-10-21(18)29-23)15-19-16-31(13-17-6-2-1-3-7-17)22-9-5-4-8-20(19)22/h1-9,12,16H,10-11,13-15H2. The van der Waals surface area contributed by atoms with Gasteiger partial charge in [-0.15, -0.1) is 0 Å². The maximum Gasteiger partial charge on any atom is 0.451 e. The van der Waals surface area contributed by atoms with Crippen LogP contribution in [0.2, 0.25) is 0 Å². The number of aromatic nitrogens is 3. The van der Waals surface area contributed by atoms with Crippen molar-refractivity contribution in [2.75, 3.05) is 6.54 Å². The van der Waals surface area contributed by atoms with Crippen LogP contribution in [0.4, 0.5) is 13.2 Å². The lowest BCUT2D eigenvalue weighted by Gasteiger charge is -2.28. The van der Waals surface area contributed by atoms with Gasteiger partial charge in [0.2, 0.25) is 5.82 Å². The molecule has 3 heterocycles. The molecule has 0 bridgehead atoms. The molecule has 2 aromatic heterocycles. The Morgan fingerprint density at radius 1 is 0.935 bits per heavy atom. The van der Waals surface area contributed by atoms with Gasteiger partial charge >= 0.3 is 6.18 Å². The van der Waals surface area contributed by atoms with E-state index in [1.165, 1.54) is 28.2 Å². The van der Waals surface area contributed by atoms with Gasteiger partial charge in [-0.25, -0.2) is 9.97 Å². The highest BCUT2D eigenvalue weighted by Gasteiger charge is 2.35. The van der Waals surface area contributed by atoms with E-state index >= 15 is 0 Å². The summed E-state index contributed by atoms with van der Waals surface area (Å²) in [6.07, 6.45) is -0.497. The van der Waals surface area contributed by atoms with Gasteiger partial charge in [0.25, 0.3) is 0 Å². The highest BCUT2D eigenvalue weighted by atomic mass is 19.4. The molecular formula is C24H21F3N4. The molecular weight excluding hydrogens is 401 g/mol. The Morgan fingerprint density at radius 3 is 2.52 bits per heavy atom. The van der Waals surface area contributed by atoms with E-state index in [0.29, 0.717) is 25.2 Å². The molecule has 0 amide bonds. The summed E-state index contributed by atoms with van der Waals surface area (Å²) >= 11 is 0. The van der Waals surface area contributed by atoms with Crippen molar-refractivity contribution in [3.05, 3.63) is 95.2 Å². The van der Waals surface area contributed by atoms with E-state index in [0.717, 1.165) is 18.7 Å². The molecule has 0 radical (unpaired) electrons. The Morgan fingerprint density at radius 2 is 1.71 bits per heavy atom. The summed E-state index contributed by atoms with van der Waals surface area (Å²) in [7, 11) is 0. The highest BCUT2D eigenvalue weighted by Crippen LogP contribution is 2.29. The van der Waals surface area contributed by atoms with E-state index in [1.807, 2.05) is 30.3 Å². The van der Waals surface area contributed by atoms with Gasteiger partial charge in [-0.2, -0.15) is 13.2 Å². The van der Waals surface area contributed by atoms with Gasteiger partial charge in [0.05, 0.1) is 5.69 Å². The Balaban J connectivity index is 1.39. The zero-order valence-electron chi connectivity index (χ0n) is 16.8. The predicted octanol–water partition coefficient (Wildman–Crippen LogP) is 5.06. The lowest BCUT2D eigenvalue weighted by atomic mass is 10.1. The lowest BCUT2D eigenvalue weighted by molar-refractivity contribution is -0.145. The van der Waals surface area contributed by atoms with Crippen LogP contribution >= 0.6 is 0 Å². The molecule has 0 saturated heterocycles. The molecule has 0 fully saturated rings. The number of halogens is 3. The molecule has 4 aromatic rings. The van der Waals surface area contributed by atoms with Crippen molar-refractivity contribution >= 4 is 10.9 Å². The predicted molar refractivity (Wildman–Crippen MR) is 112 cm³/mol. The second kappa shape index (κ2) is 7.81. The number of alkyl halides is 3. The molecule has 31 heavy (non-hydrogen) atoms. The first-order chi connectivity index (χ1) is 15.0. The van der Waals surface area contributed by atoms with Crippen molar-refractivity contribution in [2.24, 2.45) is 0 Å². The van der Waals surface area contributed by atoms with E-state index in [4.69, 9.17) is 0 Å². The maximum atomic E-state index is 12.9. The molecule has 0 atom stereocenters. The molecule has 0 unspecified atom stereocenters. The number of rotatable bonds is 4. The summed E-state index contributed by atoms with van der Waals surface area (Å²) in [5, 5.41) is 1.20. The van der Waals surface area contributed by atoms with Gasteiger partial charge in [-0.1, -0.05) is 48.5 Å². The van der Waals surface area contributed by atoms with Crippen molar-refractivity contribution in [1.82, 2.24) is 19.4 Å². The summed E-state index contributed by atoms with van der Waals surface area (Å²) in [5.41, 5.74) is 4.90. The van der Waals surface area contributed by atoms with E-state index in [1.54, 1.807) is 0 Å². The molecule has 7 heteroatoms. The van der Waals surface area contributed by atoms with Crippen molar-refractivity contribution in [1.29, 1.82) is 0 Å². The van der Waals surface area contributed by atoms with Gasteiger partial charge in [-0.3, -0.25) is 4.90 Å². The number of hydrogen-bond acceptors (Lipinski definition) is 3. The van der Waals surface area contributed by atoms with Crippen LogP contribution in [-0.4, -0.2) is 26.0 Å². The Kier molecular flexibility index (Phi) is 4.98. The fraction of sp³-hybridized carbons (Fsp3) is 0.250. The largest absolute Gasteiger partial charge is 0.451 e. The van der Waals surface area contributed by atoms with Crippen LogP contribution in [0.15, 0.2) is 67.0 Å². The van der Waals surface area contributed by atoms with Gasteiger partial charge < -0.3 is 4.57 Å². The van der Waals surface area contributed by atoms with Gasteiger partial charge in [0, 0.05) is 61.5 Å². The van der Waals surface area contributed by atoms with Crippen LogP contribution in [0, 0.1) is 0 Å². The van der Waals surface area contributed by atoms with E-state index in [9.17, 15) is 13.2 Å². The third kappa shape index (κ3) is 4.05. The Bertz CT molecular complexity index is 1210. The molecule has 5 rings (SSSR count). The Labute approximate surface area is 178 Å². The van der Waals surface area contributed by atoms with E-state index in [-0.39, 0.29) is 0 Å². The van der Waals surface area contributed by atoms with Crippen molar-refractivity contribution in [3.63, 3.8) is 0 Å². The first-order valence-corrected chi connectivity index (χ1v) is 10.2. The van der Waals surface area contributed by atoms with Crippen molar-refractivity contribution in [3.8, 4) is 0 Å². The Hall–Kier alpha value is -3.19. The fourth-order valence-corrected chi connectivity index (χ4v) is 4.25. The van der Waals surface area contributed by atoms with Gasteiger partial charge in [0.15, 0.2) is 0 Å². The van der Waals surface area contributed by atoms with E-state index < -0.39 is 12.0 Å². The highest BCUT2D eigenvalue weighted by molar-refractivity contribution is 5.84. The first kappa shape index (κ1) is 19.8. The van der Waals surface area contributed by atoms with Crippen LogP contribution < -0.4 is 0 Å². The molecule has 0 saturated carbocycles. The summed E-state index contributed by atoms with van der Waals surface area (Å²) in [5.74, 6) is -1.05. The number of hydrogen-bond donors (Lipinski definition) is 0. The van der Waals surface area contributed by atoms with Crippen LogP contribution in [-0.2, 0) is 32.2 Å². The molecule has 0 N–H and O–H groups in total. The molecule has 158 valence electrons. The van der Waals surface area contributed by atoms with Crippen LogP contribution in [0.5, 0.6) is 0 Å². The fourth-order valence-electron chi connectivity index (χ4n) is 4.25. The smallest absolute Gasteiger partial charge is 0.343 e. The molecule has 1 aliphatic rings. The lowest BCUT2D eigenvalue weighted by Crippen LogP contribution is -2.31. The second-order valence-corrected chi connectivity index (χ2v) is 7.91. The number of benzene rings is 2. The third-order valence-corrected chi connectivity index (χ3v) is 5.73. The topological polar surface area (TPSA) is 34.0 Å². The molecule has 2 aromatic carbocycles. The van der Waals surface area contributed by atoms with Crippen molar-refractivity contribution in [2.45, 2.75) is 32.2 Å². The summed E-state index contributed by atoms with van der Waals surface area (Å²) < 4.78 is 40.9. The first-order valence-electron chi connectivity index (χ1n) is 10.2. The maximum absolute atomic E-state index is 12.9. The number of nitrogens with zero attached hydrogens (tertiary/aromatic N) is 4. The van der Waals surface area contributed by atoms with E-state index in [2.05, 4.69) is 49.9 Å². The van der Waals surface area contributed by atoms with Gasteiger partial charge in [-0.05, 0) is 17.2 Å². The van der Waals surface area contributed by atoms with Crippen LogP contribution in [0.25, 0.3) is 10.9 Å². The summed E-state index contributed by atoms with van der Waals surface area (Å²) in [6.45, 7) is 2.73. The van der Waals surface area contributed by atoms with Gasteiger partial charge in [0.1, 0.15) is 0 Å². The second-order valence-electron chi connectivity index (χ2n) is 7.91. The monoisotopic (exact) mass is 422 g/mol. The van der Waals surface area contributed by atoms with Crippen molar-refractivity contribution < 1.29 is 13.2 Å². The normalized spacial score (nSPS) is 14.7. The molecule has 0 spiro atoms. The minimum atomic E-state index is -4.51. The van der Waals surface area contributed by atoms with Crippen LogP contribution in [0.3, 0.4) is 0 Å². The SMILES string of the molecule is FC(F)(F)c1ncc2c(n1)CCN(Cc1cn(Cc3ccccc3)c3ccccc13)C2. The summed E-state index contributed by atoms with van der Waals surface area (Å²) in [4.78, 5) is 9.54. The minimum absolute atomic E-state index is 0.490. The van der Waals surface area contributed by atoms with Crippen LogP contribution in [0.1, 0.15) is 28.2 Å². The zero-order chi connectivity index (χ0) is 21.4. The minimum Gasteiger partial charge on any atom is -0.343 e. The molecule has 1 aliphatic heterocycles. The zero-order valence-corrected chi connectivity index (χ0v) is 16.8. The quantitative estimate of drug-likeness (QED) is 0.461. The number of para-hydroxylation sites is 1. The average Bonchev–Trinajstić information content (AvgIpc) is 3.10.